The zero-order valence-electron chi connectivity index (χ0n) is 10.3. The number of nitrogens with zero attached hydrogens (tertiary/aromatic N) is 2. The van der Waals surface area contributed by atoms with E-state index in [4.69, 9.17) is 25.5 Å². The molecular weight excluding hydrogens is 272 g/mol. The molecule has 0 atom stereocenters. The van der Waals surface area contributed by atoms with Gasteiger partial charge in [0.2, 0.25) is 5.89 Å². The quantitative estimate of drug-likeness (QED) is 0.802. The van der Waals surface area contributed by atoms with Crippen LogP contribution in [0.25, 0.3) is 0 Å². The van der Waals surface area contributed by atoms with Crippen LogP contribution in [-0.2, 0) is 11.3 Å². The number of carbonyl (C=O) groups is 1. The van der Waals surface area contributed by atoms with Gasteiger partial charge in [-0.1, -0.05) is 11.6 Å². The number of rotatable bonds is 4. The van der Waals surface area contributed by atoms with Crippen molar-refractivity contribution >= 4 is 17.6 Å². The van der Waals surface area contributed by atoms with E-state index in [9.17, 15) is 4.79 Å². The number of esters is 1. The Balaban J connectivity index is 2.09. The Bertz CT molecular complexity index is 597. The molecule has 0 saturated carbocycles. The maximum atomic E-state index is 11.9. The van der Waals surface area contributed by atoms with Gasteiger partial charge in [0, 0.05) is 11.9 Å². The van der Waals surface area contributed by atoms with Gasteiger partial charge in [0.1, 0.15) is 11.3 Å². The highest BCUT2D eigenvalue weighted by Crippen LogP contribution is 2.23. The lowest BCUT2D eigenvalue weighted by atomic mass is 10.2. The maximum Gasteiger partial charge on any atom is 0.342 e. The highest BCUT2D eigenvalue weighted by Gasteiger charge is 2.15. The Morgan fingerprint density at radius 3 is 2.84 bits per heavy atom. The average molecular weight is 283 g/mol. The molecule has 0 N–H and O–H groups in total. The first kappa shape index (κ1) is 13.4. The minimum Gasteiger partial charge on any atom is -0.496 e. The molecule has 1 aromatic heterocycles. The van der Waals surface area contributed by atoms with Crippen molar-refractivity contribution in [1.29, 1.82) is 0 Å². The first-order valence-electron chi connectivity index (χ1n) is 5.40. The van der Waals surface area contributed by atoms with Crippen molar-refractivity contribution in [3.05, 3.63) is 40.6 Å². The van der Waals surface area contributed by atoms with Crippen molar-refractivity contribution in [3.8, 4) is 5.75 Å². The highest BCUT2D eigenvalue weighted by molar-refractivity contribution is 6.31. The number of ether oxygens (including phenoxy) is 2. The topological polar surface area (TPSA) is 74.5 Å². The summed E-state index contributed by atoms with van der Waals surface area (Å²) in [6.45, 7) is 1.55. The number of halogens is 1. The lowest BCUT2D eigenvalue weighted by Crippen LogP contribution is -2.07. The molecule has 0 radical (unpaired) electrons. The SMILES string of the molecule is COc1ccc(Cl)cc1C(=O)OCc1nnc(C)o1. The maximum absolute atomic E-state index is 11.9. The van der Waals surface area contributed by atoms with Crippen LogP contribution in [0.15, 0.2) is 22.6 Å². The Hall–Kier alpha value is -2.08. The van der Waals surface area contributed by atoms with E-state index >= 15 is 0 Å². The van der Waals surface area contributed by atoms with Gasteiger partial charge in [-0.25, -0.2) is 4.79 Å². The number of methoxy groups -OCH3 is 1. The van der Waals surface area contributed by atoms with Gasteiger partial charge in [-0.15, -0.1) is 10.2 Å². The minimum atomic E-state index is -0.574. The van der Waals surface area contributed by atoms with Gasteiger partial charge in [-0.2, -0.15) is 0 Å². The fourth-order valence-corrected chi connectivity index (χ4v) is 1.61. The standard InChI is InChI=1S/C12H11ClN2O4/c1-7-14-15-11(19-7)6-18-12(16)9-5-8(13)3-4-10(9)17-2/h3-5H,6H2,1-2H3. The molecule has 0 fully saturated rings. The van der Waals surface area contributed by atoms with Crippen molar-refractivity contribution in [3.63, 3.8) is 0 Å². The van der Waals surface area contributed by atoms with Crippen molar-refractivity contribution in [2.75, 3.05) is 7.11 Å². The zero-order valence-corrected chi connectivity index (χ0v) is 11.1. The molecule has 100 valence electrons. The molecule has 19 heavy (non-hydrogen) atoms. The summed E-state index contributed by atoms with van der Waals surface area (Å²) in [6.07, 6.45) is 0. The van der Waals surface area contributed by atoms with E-state index < -0.39 is 5.97 Å². The van der Waals surface area contributed by atoms with E-state index in [1.165, 1.54) is 13.2 Å². The van der Waals surface area contributed by atoms with Gasteiger partial charge >= 0.3 is 5.97 Å². The van der Waals surface area contributed by atoms with Gasteiger partial charge in [0.15, 0.2) is 6.61 Å². The minimum absolute atomic E-state index is 0.102. The molecule has 6 nitrogen and oxygen atoms in total. The van der Waals surface area contributed by atoms with Gasteiger partial charge in [0.05, 0.1) is 7.11 Å². The molecule has 1 aromatic carbocycles. The van der Waals surface area contributed by atoms with Gasteiger partial charge in [-0.05, 0) is 18.2 Å². The smallest absolute Gasteiger partial charge is 0.342 e. The number of benzene rings is 1. The molecule has 1 heterocycles. The number of aryl methyl sites for hydroxylation is 1. The fourth-order valence-electron chi connectivity index (χ4n) is 1.44. The predicted octanol–water partition coefficient (Wildman–Crippen LogP) is 2.40. The first-order valence-corrected chi connectivity index (χ1v) is 5.77. The van der Waals surface area contributed by atoms with Crippen LogP contribution in [0.5, 0.6) is 5.75 Å². The van der Waals surface area contributed by atoms with E-state index in [0.29, 0.717) is 16.7 Å². The molecule has 0 aliphatic heterocycles. The lowest BCUT2D eigenvalue weighted by molar-refractivity contribution is 0.0433. The summed E-state index contributed by atoms with van der Waals surface area (Å²) in [5, 5.41) is 7.77. The highest BCUT2D eigenvalue weighted by atomic mass is 35.5. The Morgan fingerprint density at radius 1 is 1.42 bits per heavy atom. The number of hydrogen-bond acceptors (Lipinski definition) is 6. The summed E-state index contributed by atoms with van der Waals surface area (Å²) in [5.74, 6) is 0.449. The molecule has 2 rings (SSSR count). The normalized spacial score (nSPS) is 10.3. The second-order valence-corrected chi connectivity index (χ2v) is 4.07. The summed E-state index contributed by atoms with van der Waals surface area (Å²) in [5.41, 5.74) is 0.242. The molecule has 7 heteroatoms. The molecule has 0 aliphatic rings. The third-order valence-electron chi connectivity index (χ3n) is 2.28. The Kier molecular flexibility index (Phi) is 4.01. The lowest BCUT2D eigenvalue weighted by Gasteiger charge is -2.07. The zero-order chi connectivity index (χ0) is 13.8. The van der Waals surface area contributed by atoms with Crippen LogP contribution < -0.4 is 4.74 Å². The molecule has 2 aromatic rings. The summed E-state index contributed by atoms with van der Waals surface area (Å²) in [4.78, 5) is 11.9. The van der Waals surface area contributed by atoms with E-state index in [1.807, 2.05) is 0 Å². The molecule has 0 bridgehead atoms. The van der Waals surface area contributed by atoms with E-state index in [-0.39, 0.29) is 18.1 Å². The molecule has 0 unspecified atom stereocenters. The van der Waals surface area contributed by atoms with Crippen molar-refractivity contribution in [1.82, 2.24) is 10.2 Å². The van der Waals surface area contributed by atoms with Crippen LogP contribution in [0.3, 0.4) is 0 Å². The number of aromatic nitrogens is 2. The third kappa shape index (κ3) is 3.23. The van der Waals surface area contributed by atoms with Crippen LogP contribution in [0.1, 0.15) is 22.1 Å². The van der Waals surface area contributed by atoms with Crippen LogP contribution in [0.2, 0.25) is 5.02 Å². The first-order chi connectivity index (χ1) is 9.10. The van der Waals surface area contributed by atoms with Crippen LogP contribution in [0.4, 0.5) is 0 Å². The summed E-state index contributed by atoms with van der Waals surface area (Å²) < 4.78 is 15.2. The predicted molar refractivity (Wildman–Crippen MR) is 66.2 cm³/mol. The van der Waals surface area contributed by atoms with Crippen LogP contribution >= 0.6 is 11.6 Å². The third-order valence-corrected chi connectivity index (χ3v) is 2.51. The second kappa shape index (κ2) is 5.71. The second-order valence-electron chi connectivity index (χ2n) is 3.64. The Labute approximate surface area is 114 Å². The summed E-state index contributed by atoms with van der Waals surface area (Å²) in [6, 6.07) is 4.69. The van der Waals surface area contributed by atoms with Gasteiger partial charge < -0.3 is 13.9 Å². The van der Waals surface area contributed by atoms with Crippen LogP contribution in [0, 0.1) is 6.92 Å². The molecule has 0 aliphatic carbocycles. The summed E-state index contributed by atoms with van der Waals surface area (Å²) in [7, 11) is 1.46. The molecule has 0 spiro atoms. The number of carbonyl (C=O) groups excluding carboxylic acids is 1. The van der Waals surface area contributed by atoms with E-state index in [0.717, 1.165) is 0 Å². The largest absolute Gasteiger partial charge is 0.496 e. The summed E-state index contributed by atoms with van der Waals surface area (Å²) >= 11 is 5.83. The van der Waals surface area contributed by atoms with Crippen LogP contribution in [-0.4, -0.2) is 23.3 Å². The van der Waals surface area contributed by atoms with E-state index in [2.05, 4.69) is 10.2 Å². The molecule has 0 saturated heterocycles. The van der Waals surface area contributed by atoms with Crippen molar-refractivity contribution in [2.24, 2.45) is 0 Å². The fraction of sp³-hybridized carbons (Fsp3) is 0.250. The van der Waals surface area contributed by atoms with E-state index in [1.54, 1.807) is 19.1 Å². The average Bonchev–Trinajstić information content (AvgIpc) is 2.81. The van der Waals surface area contributed by atoms with Crippen molar-refractivity contribution in [2.45, 2.75) is 13.5 Å². The van der Waals surface area contributed by atoms with Gasteiger partial charge in [0.25, 0.3) is 5.89 Å². The van der Waals surface area contributed by atoms with Gasteiger partial charge in [-0.3, -0.25) is 0 Å². The monoisotopic (exact) mass is 282 g/mol. The van der Waals surface area contributed by atoms with Crippen molar-refractivity contribution < 1.29 is 18.7 Å². The Morgan fingerprint density at radius 2 is 2.21 bits per heavy atom. The molecule has 0 amide bonds. The molecular formula is C12H11ClN2O4. The number of hydrogen-bond donors (Lipinski definition) is 0.